The van der Waals surface area contributed by atoms with Crippen LogP contribution in [0.2, 0.25) is 0 Å². The molecule has 4 rings (SSSR count). The fraction of sp³-hybridized carbons (Fsp3) is 0.174. The highest BCUT2D eigenvalue weighted by Crippen LogP contribution is 2.23. The van der Waals surface area contributed by atoms with Gasteiger partial charge in [-0.3, -0.25) is 14.5 Å². The van der Waals surface area contributed by atoms with E-state index in [1.807, 2.05) is 67.1 Å². The summed E-state index contributed by atoms with van der Waals surface area (Å²) < 4.78 is 8.20. The summed E-state index contributed by atoms with van der Waals surface area (Å²) >= 11 is 3.55. The predicted molar refractivity (Wildman–Crippen MR) is 121 cm³/mol. The first-order valence-electron chi connectivity index (χ1n) is 9.48. The summed E-state index contributed by atoms with van der Waals surface area (Å²) in [6.07, 6.45) is 1.65. The first kappa shape index (κ1) is 20.1. The lowest BCUT2D eigenvalue weighted by Gasteiger charge is -2.09. The van der Waals surface area contributed by atoms with Crippen LogP contribution in [0.25, 0.3) is 10.9 Å². The van der Waals surface area contributed by atoms with E-state index in [1.54, 1.807) is 13.3 Å². The number of carbonyl (C=O) groups is 1. The van der Waals surface area contributed by atoms with Gasteiger partial charge in [-0.25, -0.2) is 0 Å². The number of nitrogens with zero attached hydrogens (tertiary/aromatic N) is 3. The van der Waals surface area contributed by atoms with E-state index >= 15 is 0 Å². The van der Waals surface area contributed by atoms with Crippen molar-refractivity contribution in [2.24, 2.45) is 0 Å². The van der Waals surface area contributed by atoms with Gasteiger partial charge in [0.05, 0.1) is 46.9 Å². The second kappa shape index (κ2) is 8.28. The van der Waals surface area contributed by atoms with Gasteiger partial charge in [-0.15, -0.1) is 0 Å². The van der Waals surface area contributed by atoms with Gasteiger partial charge in [-0.1, -0.05) is 12.1 Å². The predicted octanol–water partition coefficient (Wildman–Crippen LogP) is 5.12. The molecule has 152 valence electrons. The van der Waals surface area contributed by atoms with Crippen molar-refractivity contribution in [1.29, 1.82) is 0 Å². The van der Waals surface area contributed by atoms with Crippen LogP contribution in [0.1, 0.15) is 27.3 Å². The fourth-order valence-electron chi connectivity index (χ4n) is 3.26. The second-order valence-electron chi connectivity index (χ2n) is 7.08. The number of carbonyl (C=O) groups excluding carboxylic acids is 1. The molecule has 7 heteroatoms. The third-order valence-electron chi connectivity index (χ3n) is 4.99. The Bertz CT molecular complexity index is 1230. The van der Waals surface area contributed by atoms with E-state index in [9.17, 15) is 4.79 Å². The van der Waals surface area contributed by atoms with E-state index in [-0.39, 0.29) is 5.91 Å². The number of anilines is 1. The van der Waals surface area contributed by atoms with E-state index in [4.69, 9.17) is 4.74 Å². The Kier molecular flexibility index (Phi) is 5.55. The van der Waals surface area contributed by atoms with Gasteiger partial charge in [0.25, 0.3) is 5.91 Å². The zero-order valence-corrected chi connectivity index (χ0v) is 18.5. The minimum absolute atomic E-state index is 0.176. The van der Waals surface area contributed by atoms with Crippen molar-refractivity contribution in [1.82, 2.24) is 14.8 Å². The maximum atomic E-state index is 12.6. The number of ether oxygens (including phenoxy) is 1. The second-order valence-corrected chi connectivity index (χ2v) is 7.87. The molecule has 0 aliphatic heterocycles. The van der Waals surface area contributed by atoms with Gasteiger partial charge in [-0.05, 0) is 65.7 Å². The molecule has 2 aromatic heterocycles. The van der Waals surface area contributed by atoms with Crippen LogP contribution >= 0.6 is 15.9 Å². The molecule has 0 atom stereocenters. The smallest absolute Gasteiger partial charge is 0.255 e. The third-order valence-corrected chi connectivity index (χ3v) is 6.14. The molecule has 0 fully saturated rings. The van der Waals surface area contributed by atoms with Gasteiger partial charge < -0.3 is 10.1 Å². The zero-order valence-electron chi connectivity index (χ0n) is 16.9. The highest BCUT2D eigenvalue weighted by Gasteiger charge is 2.11. The molecule has 4 aromatic rings. The summed E-state index contributed by atoms with van der Waals surface area (Å²) in [7, 11) is 1.62. The molecule has 0 radical (unpaired) electrons. The van der Waals surface area contributed by atoms with Crippen LogP contribution in [0.15, 0.2) is 59.2 Å². The van der Waals surface area contributed by atoms with Gasteiger partial charge in [-0.2, -0.15) is 5.10 Å². The van der Waals surface area contributed by atoms with Crippen LogP contribution in [-0.2, 0) is 6.54 Å². The normalized spacial score (nSPS) is 10.9. The van der Waals surface area contributed by atoms with Crippen molar-refractivity contribution in [3.05, 3.63) is 81.7 Å². The standard InChI is InChI=1S/C23H21BrN4O2/c1-14-22(24)15(2)28(27-14)13-16-4-6-17(7-5-16)23(29)26-19-10-18-8-9-20(30-3)11-21(18)25-12-19/h4-12H,13H2,1-3H3,(H,26,29). The maximum Gasteiger partial charge on any atom is 0.255 e. The zero-order chi connectivity index (χ0) is 21.3. The minimum atomic E-state index is -0.176. The number of fused-ring (bicyclic) bond motifs is 1. The molecule has 1 amide bonds. The van der Waals surface area contributed by atoms with Crippen LogP contribution < -0.4 is 10.1 Å². The number of benzene rings is 2. The van der Waals surface area contributed by atoms with Crippen LogP contribution in [0, 0.1) is 13.8 Å². The molecule has 30 heavy (non-hydrogen) atoms. The number of aryl methyl sites for hydroxylation is 1. The summed E-state index contributed by atoms with van der Waals surface area (Å²) in [5.74, 6) is 0.574. The number of aromatic nitrogens is 3. The number of hydrogen-bond acceptors (Lipinski definition) is 4. The van der Waals surface area contributed by atoms with E-state index in [2.05, 4.69) is 31.3 Å². The van der Waals surface area contributed by atoms with Crippen LogP contribution in [0.3, 0.4) is 0 Å². The largest absolute Gasteiger partial charge is 0.497 e. The van der Waals surface area contributed by atoms with Crippen molar-refractivity contribution in [3.63, 3.8) is 0 Å². The number of methoxy groups -OCH3 is 1. The van der Waals surface area contributed by atoms with Gasteiger partial charge >= 0.3 is 0 Å². The number of pyridine rings is 1. The Balaban J connectivity index is 1.47. The molecule has 1 N–H and O–H groups in total. The van der Waals surface area contributed by atoms with Gasteiger partial charge in [0.15, 0.2) is 0 Å². The molecule has 0 saturated heterocycles. The quantitative estimate of drug-likeness (QED) is 0.444. The van der Waals surface area contributed by atoms with Crippen molar-refractivity contribution < 1.29 is 9.53 Å². The lowest BCUT2D eigenvalue weighted by atomic mass is 10.1. The minimum Gasteiger partial charge on any atom is -0.497 e. The van der Waals surface area contributed by atoms with E-state index in [0.717, 1.165) is 38.1 Å². The molecule has 0 aliphatic carbocycles. The average molecular weight is 465 g/mol. The average Bonchev–Trinajstić information content (AvgIpc) is 3.00. The molecule has 0 unspecified atom stereocenters. The summed E-state index contributed by atoms with van der Waals surface area (Å²) in [4.78, 5) is 17.0. The van der Waals surface area contributed by atoms with Crippen molar-refractivity contribution in [2.45, 2.75) is 20.4 Å². The van der Waals surface area contributed by atoms with Crippen LogP contribution in [0.4, 0.5) is 5.69 Å². The summed E-state index contributed by atoms with van der Waals surface area (Å²) in [5, 5.41) is 8.37. The number of rotatable bonds is 5. The number of halogens is 1. The molecular formula is C23H21BrN4O2. The Morgan fingerprint density at radius 1 is 1.13 bits per heavy atom. The molecule has 0 spiro atoms. The monoisotopic (exact) mass is 464 g/mol. The first-order valence-corrected chi connectivity index (χ1v) is 10.3. The summed E-state index contributed by atoms with van der Waals surface area (Å²) in [6, 6.07) is 15.1. The van der Waals surface area contributed by atoms with Crippen LogP contribution in [-0.4, -0.2) is 27.8 Å². The molecule has 0 aliphatic rings. The Hall–Kier alpha value is -3.19. The highest BCUT2D eigenvalue weighted by atomic mass is 79.9. The Labute approximate surface area is 183 Å². The first-order chi connectivity index (χ1) is 14.4. The van der Waals surface area contributed by atoms with Crippen molar-refractivity contribution in [2.75, 3.05) is 12.4 Å². The van der Waals surface area contributed by atoms with E-state index < -0.39 is 0 Å². The van der Waals surface area contributed by atoms with Crippen LogP contribution in [0.5, 0.6) is 5.75 Å². The highest BCUT2D eigenvalue weighted by molar-refractivity contribution is 9.10. The summed E-state index contributed by atoms with van der Waals surface area (Å²) in [5.41, 5.74) is 5.16. The maximum absolute atomic E-state index is 12.6. The lowest BCUT2D eigenvalue weighted by molar-refractivity contribution is 0.102. The van der Waals surface area contributed by atoms with E-state index in [1.165, 1.54) is 0 Å². The SMILES string of the molecule is COc1ccc2cc(NC(=O)c3ccc(Cn4nc(C)c(Br)c4C)cc3)cnc2c1. The van der Waals surface area contributed by atoms with Crippen molar-refractivity contribution in [3.8, 4) is 5.75 Å². The number of hydrogen-bond donors (Lipinski definition) is 1. The van der Waals surface area contributed by atoms with Gasteiger partial charge in [0.1, 0.15) is 5.75 Å². The molecule has 0 bridgehead atoms. The molecule has 2 heterocycles. The van der Waals surface area contributed by atoms with E-state index in [0.29, 0.717) is 17.8 Å². The van der Waals surface area contributed by atoms with Gasteiger partial charge in [0.2, 0.25) is 0 Å². The lowest BCUT2D eigenvalue weighted by Crippen LogP contribution is -2.12. The molecular weight excluding hydrogens is 444 g/mol. The molecule has 6 nitrogen and oxygen atoms in total. The van der Waals surface area contributed by atoms with Crippen molar-refractivity contribution >= 4 is 38.4 Å². The number of amides is 1. The number of nitrogens with one attached hydrogen (secondary N) is 1. The topological polar surface area (TPSA) is 69.0 Å². The Morgan fingerprint density at radius 2 is 1.90 bits per heavy atom. The molecule has 0 saturated carbocycles. The molecule has 2 aromatic carbocycles. The summed E-state index contributed by atoms with van der Waals surface area (Å²) in [6.45, 7) is 4.65. The van der Waals surface area contributed by atoms with Gasteiger partial charge in [0, 0.05) is 17.0 Å². The Morgan fingerprint density at radius 3 is 2.57 bits per heavy atom. The third kappa shape index (κ3) is 4.07. The fourth-order valence-corrected chi connectivity index (χ4v) is 3.55.